The van der Waals surface area contributed by atoms with Crippen LogP contribution in [0.15, 0.2) is 35.7 Å². The number of hydrogen-bond acceptors (Lipinski definition) is 5. The molecule has 0 radical (unpaired) electrons. The maximum atomic E-state index is 11.0. The van der Waals surface area contributed by atoms with Gasteiger partial charge in [-0.3, -0.25) is 20.2 Å². The number of aldehydes is 1. The van der Waals surface area contributed by atoms with Gasteiger partial charge in [0.05, 0.1) is 16.3 Å². The second kappa shape index (κ2) is 15.2. The van der Waals surface area contributed by atoms with E-state index in [0.29, 0.717) is 25.7 Å². The van der Waals surface area contributed by atoms with Crippen molar-refractivity contribution in [1.82, 2.24) is 0 Å². The second-order valence-electron chi connectivity index (χ2n) is 5.68. The molecule has 0 amide bonds. The molecular weight excluding hydrogens is 324 g/mol. The van der Waals surface area contributed by atoms with Crippen molar-refractivity contribution in [3.8, 4) is 0 Å². The van der Waals surface area contributed by atoms with Crippen molar-refractivity contribution in [3.05, 3.63) is 55.9 Å². The highest BCUT2D eigenvalue weighted by Gasteiger charge is 2.07. The monoisotopic (exact) mass is 352 g/mol. The average molecular weight is 352 g/mol. The third-order valence-corrected chi connectivity index (χ3v) is 3.72. The molecule has 0 unspecified atom stereocenters. The predicted octanol–water partition coefficient (Wildman–Crippen LogP) is 4.98. The van der Waals surface area contributed by atoms with Crippen LogP contribution in [0.4, 0.5) is 0 Å². The maximum Gasteiger partial charge on any atom is 0.246 e. The lowest BCUT2D eigenvalue weighted by atomic mass is 10.1. The normalized spacial score (nSPS) is 12.5. The van der Waals surface area contributed by atoms with Crippen molar-refractivity contribution in [2.45, 2.75) is 71.1 Å². The maximum absolute atomic E-state index is 11.0. The Morgan fingerprint density at radius 3 is 2.00 bits per heavy atom. The molecule has 0 fully saturated rings. The second-order valence-corrected chi connectivity index (χ2v) is 5.68. The fourth-order valence-electron chi connectivity index (χ4n) is 2.26. The van der Waals surface area contributed by atoms with Crippen molar-refractivity contribution in [1.29, 1.82) is 0 Å². The van der Waals surface area contributed by atoms with Crippen LogP contribution in [0.2, 0.25) is 0 Å². The molecule has 140 valence electrons. The summed E-state index contributed by atoms with van der Waals surface area (Å²) in [6.07, 6.45) is 14.6. The molecule has 0 aliphatic heterocycles. The zero-order chi connectivity index (χ0) is 18.9. The molecule has 0 aromatic heterocycles. The molecule has 0 aromatic carbocycles. The smallest absolute Gasteiger partial charge is 0.246 e. The minimum Gasteiger partial charge on any atom is -0.303 e. The van der Waals surface area contributed by atoms with Crippen LogP contribution in [-0.4, -0.2) is 16.1 Å². The largest absolute Gasteiger partial charge is 0.303 e. The number of nitrogens with zero attached hydrogens (tertiary/aromatic N) is 2. The Bertz CT molecular complexity index is 510. The lowest BCUT2D eigenvalue weighted by molar-refractivity contribution is -0.427. The number of unbranched alkanes of at least 4 members (excludes halogenated alkanes) is 6. The Morgan fingerprint density at radius 1 is 0.840 bits per heavy atom. The van der Waals surface area contributed by atoms with E-state index in [-0.39, 0.29) is 22.7 Å². The SMILES string of the molecule is CC/C(=C/C/C=C/C/C(=C/CCCCCCCC=O)[N+](=O)[O-])[N+](=O)[O-]. The molecule has 0 atom stereocenters. The summed E-state index contributed by atoms with van der Waals surface area (Å²) in [6.45, 7) is 1.72. The first-order valence-corrected chi connectivity index (χ1v) is 8.78. The molecule has 0 bridgehead atoms. The molecule has 0 N–H and O–H groups in total. The van der Waals surface area contributed by atoms with Gasteiger partial charge in [-0.1, -0.05) is 38.3 Å². The zero-order valence-electron chi connectivity index (χ0n) is 14.9. The molecule has 7 nitrogen and oxygen atoms in total. The lowest BCUT2D eigenvalue weighted by Crippen LogP contribution is -1.97. The first-order chi connectivity index (χ1) is 12.0. The van der Waals surface area contributed by atoms with Crippen LogP contribution < -0.4 is 0 Å². The van der Waals surface area contributed by atoms with E-state index < -0.39 is 4.92 Å². The highest BCUT2D eigenvalue weighted by molar-refractivity contribution is 5.48. The summed E-state index contributed by atoms with van der Waals surface area (Å²) in [5, 5.41) is 21.7. The van der Waals surface area contributed by atoms with Gasteiger partial charge in [0.15, 0.2) is 0 Å². The van der Waals surface area contributed by atoms with E-state index in [0.717, 1.165) is 38.4 Å². The highest BCUT2D eigenvalue weighted by atomic mass is 16.6. The van der Waals surface area contributed by atoms with E-state index in [4.69, 9.17) is 0 Å². The summed E-state index contributed by atoms with van der Waals surface area (Å²) >= 11 is 0. The van der Waals surface area contributed by atoms with Crippen LogP contribution in [0, 0.1) is 20.2 Å². The summed E-state index contributed by atoms with van der Waals surface area (Å²) in [4.78, 5) is 31.0. The molecule has 0 aliphatic carbocycles. The Kier molecular flexibility index (Phi) is 13.8. The molecule has 0 spiro atoms. The van der Waals surface area contributed by atoms with Gasteiger partial charge in [0.2, 0.25) is 11.4 Å². The lowest BCUT2D eigenvalue weighted by Gasteiger charge is -1.98. The number of carbonyl (C=O) groups excluding carboxylic acids is 1. The number of allylic oxidation sites excluding steroid dienone is 5. The third kappa shape index (κ3) is 12.7. The Morgan fingerprint density at radius 2 is 1.44 bits per heavy atom. The summed E-state index contributed by atoms with van der Waals surface area (Å²) in [7, 11) is 0. The van der Waals surface area contributed by atoms with Crippen LogP contribution in [0.5, 0.6) is 0 Å². The van der Waals surface area contributed by atoms with E-state index in [2.05, 4.69) is 0 Å². The number of nitro groups is 2. The van der Waals surface area contributed by atoms with E-state index in [1.54, 1.807) is 25.2 Å². The Labute approximate surface area is 148 Å². The quantitative estimate of drug-likeness (QED) is 0.136. The molecule has 25 heavy (non-hydrogen) atoms. The summed E-state index contributed by atoms with van der Waals surface area (Å²) in [6, 6.07) is 0. The minimum absolute atomic E-state index is 0.155. The molecule has 0 saturated carbocycles. The van der Waals surface area contributed by atoms with E-state index in [9.17, 15) is 25.0 Å². The van der Waals surface area contributed by atoms with Crippen molar-refractivity contribution in [2.75, 3.05) is 0 Å². The van der Waals surface area contributed by atoms with E-state index in [1.165, 1.54) is 6.08 Å². The van der Waals surface area contributed by atoms with Crippen LogP contribution in [0.3, 0.4) is 0 Å². The van der Waals surface area contributed by atoms with Gasteiger partial charge in [-0.25, -0.2) is 0 Å². The van der Waals surface area contributed by atoms with Gasteiger partial charge in [0.1, 0.15) is 6.29 Å². The summed E-state index contributed by atoms with van der Waals surface area (Å²) < 4.78 is 0. The van der Waals surface area contributed by atoms with Crippen molar-refractivity contribution >= 4 is 6.29 Å². The standard InChI is InChI=1S/C18H28N2O5/c1-2-17(19(22)23)13-10-8-11-15-18(20(24)25)14-9-6-4-3-5-7-12-16-21/h8,11,13-14,16H,2-7,9-10,12,15H2,1H3/b11-8+,17-13-,18-14-. The predicted molar refractivity (Wildman–Crippen MR) is 97.2 cm³/mol. The number of hydrogen-bond donors (Lipinski definition) is 0. The first-order valence-electron chi connectivity index (χ1n) is 8.78. The minimum atomic E-state index is -0.408. The van der Waals surface area contributed by atoms with Crippen LogP contribution in [0.25, 0.3) is 0 Å². The number of rotatable bonds is 15. The summed E-state index contributed by atoms with van der Waals surface area (Å²) in [5.41, 5.74) is 0.314. The molecule has 0 aromatic rings. The van der Waals surface area contributed by atoms with Crippen molar-refractivity contribution in [2.24, 2.45) is 0 Å². The molecular formula is C18H28N2O5. The molecule has 0 rings (SSSR count). The fourth-order valence-corrected chi connectivity index (χ4v) is 2.26. The van der Waals surface area contributed by atoms with Gasteiger partial charge < -0.3 is 4.79 Å². The van der Waals surface area contributed by atoms with Gasteiger partial charge in [0, 0.05) is 12.8 Å². The van der Waals surface area contributed by atoms with Gasteiger partial charge >= 0.3 is 0 Å². The summed E-state index contributed by atoms with van der Waals surface area (Å²) in [5.74, 6) is 0. The first kappa shape index (κ1) is 22.7. The van der Waals surface area contributed by atoms with Crippen LogP contribution in [-0.2, 0) is 4.79 Å². The molecule has 7 heteroatoms. The van der Waals surface area contributed by atoms with Crippen molar-refractivity contribution in [3.63, 3.8) is 0 Å². The van der Waals surface area contributed by atoms with Crippen LogP contribution in [0.1, 0.15) is 71.1 Å². The highest BCUT2D eigenvalue weighted by Crippen LogP contribution is 2.11. The van der Waals surface area contributed by atoms with E-state index >= 15 is 0 Å². The molecule has 0 aliphatic rings. The number of carbonyl (C=O) groups is 1. The molecule has 0 heterocycles. The Balaban J connectivity index is 4.16. The van der Waals surface area contributed by atoms with Gasteiger partial charge in [0.25, 0.3) is 0 Å². The Hall–Kier alpha value is -2.31. The average Bonchev–Trinajstić information content (AvgIpc) is 2.57. The van der Waals surface area contributed by atoms with Gasteiger partial charge in [-0.15, -0.1) is 0 Å². The fraction of sp³-hybridized carbons (Fsp3) is 0.611. The zero-order valence-corrected chi connectivity index (χ0v) is 14.9. The molecule has 0 saturated heterocycles. The van der Waals surface area contributed by atoms with Crippen LogP contribution >= 0.6 is 0 Å². The van der Waals surface area contributed by atoms with Gasteiger partial charge in [-0.05, 0) is 37.8 Å². The topological polar surface area (TPSA) is 103 Å². The third-order valence-electron chi connectivity index (χ3n) is 3.72. The van der Waals surface area contributed by atoms with Gasteiger partial charge in [-0.2, -0.15) is 0 Å². The van der Waals surface area contributed by atoms with E-state index in [1.807, 2.05) is 0 Å². The van der Waals surface area contributed by atoms with Crippen molar-refractivity contribution < 1.29 is 14.6 Å².